The maximum Gasteiger partial charge on any atom is 0.267 e. The standard InChI is InChI=1S/C13H20N4O3/c18-12-4-3-9(15-16-12)13(19)14-10-7-20-8-11(10)17-5-1-2-6-17/h10-11H,1-8H2,(H,14,19)(H,16,18)/t10-,11-/m0/s1. The zero-order valence-electron chi connectivity index (χ0n) is 11.4. The van der Waals surface area contributed by atoms with Crippen LogP contribution in [0.2, 0.25) is 0 Å². The van der Waals surface area contributed by atoms with Gasteiger partial charge in [0.15, 0.2) is 0 Å². The Morgan fingerprint density at radius 3 is 2.80 bits per heavy atom. The van der Waals surface area contributed by atoms with Gasteiger partial charge in [-0.25, -0.2) is 5.43 Å². The largest absolute Gasteiger partial charge is 0.378 e. The number of hydrogen-bond donors (Lipinski definition) is 2. The SMILES string of the molecule is O=C1CCC(C(=O)N[C@H]2COC[C@@H]2N2CCCC2)=NN1. The number of hydrazone groups is 1. The van der Waals surface area contributed by atoms with Crippen molar-refractivity contribution in [3.05, 3.63) is 0 Å². The van der Waals surface area contributed by atoms with Crippen LogP contribution in [-0.2, 0) is 14.3 Å². The minimum Gasteiger partial charge on any atom is -0.378 e. The Morgan fingerprint density at radius 1 is 1.30 bits per heavy atom. The van der Waals surface area contributed by atoms with E-state index in [1.807, 2.05) is 0 Å². The van der Waals surface area contributed by atoms with Gasteiger partial charge in [-0.3, -0.25) is 14.5 Å². The van der Waals surface area contributed by atoms with E-state index in [2.05, 4.69) is 20.7 Å². The molecule has 7 heteroatoms. The second kappa shape index (κ2) is 5.88. The first-order chi connectivity index (χ1) is 9.74. The fraction of sp³-hybridized carbons (Fsp3) is 0.769. The minimum absolute atomic E-state index is 0.0147. The molecule has 3 aliphatic heterocycles. The van der Waals surface area contributed by atoms with Crippen molar-refractivity contribution in [1.29, 1.82) is 0 Å². The van der Waals surface area contributed by atoms with E-state index in [1.165, 1.54) is 12.8 Å². The molecule has 20 heavy (non-hydrogen) atoms. The van der Waals surface area contributed by atoms with Crippen LogP contribution in [0.4, 0.5) is 0 Å². The van der Waals surface area contributed by atoms with Gasteiger partial charge in [0.05, 0.1) is 25.3 Å². The van der Waals surface area contributed by atoms with Crippen LogP contribution in [0.5, 0.6) is 0 Å². The van der Waals surface area contributed by atoms with E-state index in [1.54, 1.807) is 0 Å². The second-order valence-electron chi connectivity index (χ2n) is 5.52. The van der Waals surface area contributed by atoms with Crippen LogP contribution in [0.15, 0.2) is 5.10 Å². The molecule has 0 aromatic rings. The molecule has 0 aromatic carbocycles. The molecule has 3 rings (SSSR count). The summed E-state index contributed by atoms with van der Waals surface area (Å²) in [6.45, 7) is 3.38. The highest BCUT2D eigenvalue weighted by Crippen LogP contribution is 2.19. The van der Waals surface area contributed by atoms with E-state index in [9.17, 15) is 9.59 Å². The summed E-state index contributed by atoms with van der Waals surface area (Å²) in [5.74, 6) is -0.328. The summed E-state index contributed by atoms with van der Waals surface area (Å²) in [5.41, 5.74) is 2.75. The lowest BCUT2D eigenvalue weighted by Crippen LogP contribution is -2.52. The van der Waals surface area contributed by atoms with Crippen molar-refractivity contribution in [2.75, 3.05) is 26.3 Å². The third-order valence-electron chi connectivity index (χ3n) is 4.14. The first-order valence-corrected chi connectivity index (χ1v) is 7.22. The number of carbonyl (C=O) groups is 2. The lowest BCUT2D eigenvalue weighted by atomic mass is 10.1. The van der Waals surface area contributed by atoms with Gasteiger partial charge in [0.25, 0.3) is 5.91 Å². The Labute approximate surface area is 117 Å². The summed E-state index contributed by atoms with van der Waals surface area (Å²) < 4.78 is 5.52. The van der Waals surface area contributed by atoms with Gasteiger partial charge >= 0.3 is 0 Å². The van der Waals surface area contributed by atoms with Crippen LogP contribution in [0.3, 0.4) is 0 Å². The summed E-state index contributed by atoms with van der Waals surface area (Å²) in [6, 6.07) is 0.279. The molecule has 0 aromatic heterocycles. The summed E-state index contributed by atoms with van der Waals surface area (Å²) in [6.07, 6.45) is 3.16. The van der Waals surface area contributed by atoms with Crippen LogP contribution in [0.25, 0.3) is 0 Å². The monoisotopic (exact) mass is 280 g/mol. The van der Waals surface area contributed by atoms with Crippen molar-refractivity contribution in [3.63, 3.8) is 0 Å². The molecule has 0 bridgehead atoms. The predicted octanol–water partition coefficient (Wildman–Crippen LogP) is -0.768. The minimum atomic E-state index is -0.190. The van der Waals surface area contributed by atoms with Crippen molar-refractivity contribution in [3.8, 4) is 0 Å². The molecule has 2 N–H and O–H groups in total. The molecule has 3 heterocycles. The summed E-state index contributed by atoms with van der Waals surface area (Å²) in [4.78, 5) is 25.6. The van der Waals surface area contributed by atoms with Crippen molar-refractivity contribution >= 4 is 17.5 Å². The number of nitrogens with zero attached hydrogens (tertiary/aromatic N) is 2. The van der Waals surface area contributed by atoms with Crippen molar-refractivity contribution in [1.82, 2.24) is 15.6 Å². The van der Waals surface area contributed by atoms with Crippen molar-refractivity contribution in [2.24, 2.45) is 5.10 Å². The lowest BCUT2D eigenvalue weighted by molar-refractivity contribution is -0.121. The zero-order chi connectivity index (χ0) is 13.9. The molecule has 0 radical (unpaired) electrons. The van der Waals surface area contributed by atoms with Crippen LogP contribution in [0.1, 0.15) is 25.7 Å². The maximum absolute atomic E-state index is 12.2. The van der Waals surface area contributed by atoms with Crippen LogP contribution >= 0.6 is 0 Å². The number of carbonyl (C=O) groups excluding carboxylic acids is 2. The second-order valence-corrected chi connectivity index (χ2v) is 5.52. The normalized spacial score (nSPS) is 31.0. The predicted molar refractivity (Wildman–Crippen MR) is 72.2 cm³/mol. The van der Waals surface area contributed by atoms with Crippen LogP contribution < -0.4 is 10.7 Å². The fourth-order valence-corrected chi connectivity index (χ4v) is 3.00. The molecule has 7 nitrogen and oxygen atoms in total. The highest BCUT2D eigenvalue weighted by molar-refractivity contribution is 6.39. The summed E-state index contributed by atoms with van der Waals surface area (Å²) in [7, 11) is 0. The first kappa shape index (κ1) is 13.5. The molecule has 3 aliphatic rings. The molecule has 110 valence electrons. The number of rotatable bonds is 3. The molecule has 0 saturated carbocycles. The topological polar surface area (TPSA) is 83.0 Å². The number of nitrogens with one attached hydrogen (secondary N) is 2. The molecule has 0 spiro atoms. The Bertz CT molecular complexity index is 431. The lowest BCUT2D eigenvalue weighted by Gasteiger charge is -2.28. The number of ether oxygens (including phenoxy) is 1. The number of amides is 2. The van der Waals surface area contributed by atoms with Gasteiger partial charge in [-0.1, -0.05) is 0 Å². The third-order valence-corrected chi connectivity index (χ3v) is 4.14. The maximum atomic E-state index is 12.2. The fourth-order valence-electron chi connectivity index (χ4n) is 3.00. The van der Waals surface area contributed by atoms with Crippen molar-refractivity contribution < 1.29 is 14.3 Å². The summed E-state index contributed by atoms with van der Waals surface area (Å²) in [5, 5.41) is 6.83. The van der Waals surface area contributed by atoms with E-state index in [-0.39, 0.29) is 23.9 Å². The van der Waals surface area contributed by atoms with Gasteiger partial charge in [-0.05, 0) is 25.9 Å². The Hall–Kier alpha value is -1.47. The van der Waals surface area contributed by atoms with Gasteiger partial charge in [0.2, 0.25) is 5.91 Å². The first-order valence-electron chi connectivity index (χ1n) is 7.22. The Morgan fingerprint density at radius 2 is 2.10 bits per heavy atom. The zero-order valence-corrected chi connectivity index (χ0v) is 11.4. The highest BCUT2D eigenvalue weighted by Gasteiger charge is 2.36. The Kier molecular flexibility index (Phi) is 3.98. The van der Waals surface area contributed by atoms with Crippen LogP contribution in [-0.4, -0.2) is 60.8 Å². The summed E-state index contributed by atoms with van der Waals surface area (Å²) >= 11 is 0. The Balaban J connectivity index is 1.58. The molecule has 2 amide bonds. The average molecular weight is 280 g/mol. The number of hydrogen-bond acceptors (Lipinski definition) is 5. The smallest absolute Gasteiger partial charge is 0.267 e. The molecule has 0 unspecified atom stereocenters. The molecule has 2 atom stereocenters. The molecule has 2 saturated heterocycles. The van der Waals surface area contributed by atoms with E-state index >= 15 is 0 Å². The quantitative estimate of drug-likeness (QED) is 0.711. The van der Waals surface area contributed by atoms with Gasteiger partial charge < -0.3 is 10.1 Å². The van der Waals surface area contributed by atoms with Crippen molar-refractivity contribution in [2.45, 2.75) is 37.8 Å². The van der Waals surface area contributed by atoms with E-state index in [4.69, 9.17) is 4.74 Å². The van der Waals surface area contributed by atoms with E-state index < -0.39 is 0 Å². The molecule has 0 aliphatic carbocycles. The number of likely N-dealkylation sites (tertiary alicyclic amines) is 1. The molecular formula is C13H20N4O3. The molecular weight excluding hydrogens is 260 g/mol. The highest BCUT2D eigenvalue weighted by atomic mass is 16.5. The average Bonchev–Trinajstić information content (AvgIpc) is 3.09. The van der Waals surface area contributed by atoms with E-state index in [0.29, 0.717) is 31.8 Å². The molecule has 2 fully saturated rings. The van der Waals surface area contributed by atoms with Crippen LogP contribution in [0, 0.1) is 0 Å². The third kappa shape index (κ3) is 2.83. The van der Waals surface area contributed by atoms with E-state index in [0.717, 1.165) is 13.1 Å². The van der Waals surface area contributed by atoms with Gasteiger partial charge in [0.1, 0.15) is 5.71 Å². The van der Waals surface area contributed by atoms with Gasteiger partial charge in [0, 0.05) is 12.8 Å². The van der Waals surface area contributed by atoms with Gasteiger partial charge in [-0.2, -0.15) is 5.10 Å². The van der Waals surface area contributed by atoms with Gasteiger partial charge in [-0.15, -0.1) is 0 Å².